The lowest BCUT2D eigenvalue weighted by Gasteiger charge is -1.79. The molecule has 0 fully saturated rings. The molecule has 56 valence electrons. The van der Waals surface area contributed by atoms with E-state index in [9.17, 15) is 0 Å². The molecule has 10 heavy (non-hydrogen) atoms. The minimum atomic E-state index is 1.13. The SMILES string of the molecule is CCCC=C=CC=C(C)C. The predicted octanol–water partition coefficient (Wildman–Crippen LogP) is 3.46. The van der Waals surface area contributed by atoms with E-state index in [1.165, 1.54) is 12.0 Å². The number of hydrogen-bond acceptors (Lipinski definition) is 0. The van der Waals surface area contributed by atoms with E-state index in [1.807, 2.05) is 6.08 Å². The summed E-state index contributed by atoms with van der Waals surface area (Å²) < 4.78 is 0. The fourth-order valence-electron chi connectivity index (χ4n) is 0.510. The molecule has 0 rings (SSSR count). The molecule has 0 saturated carbocycles. The number of hydrogen-bond donors (Lipinski definition) is 0. The first-order valence-corrected chi connectivity index (χ1v) is 3.81. The molecule has 0 aliphatic carbocycles. The van der Waals surface area contributed by atoms with Gasteiger partial charge in [-0.2, -0.15) is 0 Å². The molecule has 0 spiro atoms. The molecule has 0 heterocycles. The molecule has 0 heteroatoms. The van der Waals surface area contributed by atoms with Crippen molar-refractivity contribution in [1.82, 2.24) is 0 Å². The van der Waals surface area contributed by atoms with Crippen molar-refractivity contribution in [2.45, 2.75) is 33.6 Å². The Kier molecular flexibility index (Phi) is 5.91. The molecule has 0 aliphatic rings. The van der Waals surface area contributed by atoms with Crippen LogP contribution in [-0.2, 0) is 0 Å². The zero-order chi connectivity index (χ0) is 7.82. The number of rotatable bonds is 3. The van der Waals surface area contributed by atoms with Gasteiger partial charge in [-0.05, 0) is 32.4 Å². The molecule has 0 unspecified atom stereocenters. The summed E-state index contributed by atoms with van der Waals surface area (Å²) >= 11 is 0. The first-order valence-electron chi connectivity index (χ1n) is 3.81. The molecule has 0 aliphatic heterocycles. The summed E-state index contributed by atoms with van der Waals surface area (Å²) in [5.41, 5.74) is 4.41. The van der Waals surface area contributed by atoms with Crippen LogP contribution in [0.5, 0.6) is 0 Å². The van der Waals surface area contributed by atoms with E-state index in [4.69, 9.17) is 0 Å². The van der Waals surface area contributed by atoms with Crippen LogP contribution in [0, 0.1) is 0 Å². The lowest BCUT2D eigenvalue weighted by molar-refractivity contribution is 0.960. The third-order valence-electron chi connectivity index (χ3n) is 1.06. The van der Waals surface area contributed by atoms with Crippen molar-refractivity contribution in [2.24, 2.45) is 0 Å². The zero-order valence-corrected chi connectivity index (χ0v) is 7.15. The van der Waals surface area contributed by atoms with Crippen LogP contribution in [0.25, 0.3) is 0 Å². The normalized spacial score (nSPS) is 7.90. The minimum absolute atomic E-state index is 1.13. The second kappa shape index (κ2) is 6.38. The Morgan fingerprint density at radius 1 is 1.40 bits per heavy atom. The monoisotopic (exact) mass is 136 g/mol. The molecule has 0 radical (unpaired) electrons. The van der Waals surface area contributed by atoms with Gasteiger partial charge in [-0.3, -0.25) is 0 Å². The van der Waals surface area contributed by atoms with Crippen molar-refractivity contribution in [3.8, 4) is 0 Å². The van der Waals surface area contributed by atoms with Gasteiger partial charge in [-0.1, -0.05) is 25.0 Å². The van der Waals surface area contributed by atoms with Crippen LogP contribution >= 0.6 is 0 Å². The van der Waals surface area contributed by atoms with Crippen LogP contribution in [-0.4, -0.2) is 0 Å². The molecule has 0 atom stereocenters. The molecule has 0 amide bonds. The summed E-state index contributed by atoms with van der Waals surface area (Å²) in [6.45, 7) is 6.33. The van der Waals surface area contributed by atoms with E-state index in [0.29, 0.717) is 0 Å². The van der Waals surface area contributed by atoms with Crippen molar-refractivity contribution in [3.05, 3.63) is 29.5 Å². The number of allylic oxidation sites excluding steroid dienone is 3. The highest BCUT2D eigenvalue weighted by Crippen LogP contribution is 1.89. The highest BCUT2D eigenvalue weighted by molar-refractivity contribution is 5.07. The van der Waals surface area contributed by atoms with Gasteiger partial charge in [0.1, 0.15) is 0 Å². The van der Waals surface area contributed by atoms with Gasteiger partial charge in [0.2, 0.25) is 0 Å². The van der Waals surface area contributed by atoms with Gasteiger partial charge >= 0.3 is 0 Å². The Balaban J connectivity index is 3.64. The van der Waals surface area contributed by atoms with Crippen LogP contribution in [0.15, 0.2) is 29.5 Å². The lowest BCUT2D eigenvalue weighted by atomic mass is 10.3. The maximum Gasteiger partial charge on any atom is -0.0204 e. The van der Waals surface area contributed by atoms with Crippen molar-refractivity contribution in [1.29, 1.82) is 0 Å². The third-order valence-corrected chi connectivity index (χ3v) is 1.06. The smallest absolute Gasteiger partial charge is 0.0204 e. The topological polar surface area (TPSA) is 0 Å². The van der Waals surface area contributed by atoms with E-state index >= 15 is 0 Å². The molecule has 0 nitrogen and oxygen atoms in total. The molecule has 0 saturated heterocycles. The van der Waals surface area contributed by atoms with Gasteiger partial charge in [-0.25, -0.2) is 0 Å². The Morgan fingerprint density at radius 3 is 2.60 bits per heavy atom. The van der Waals surface area contributed by atoms with Gasteiger partial charge in [-0.15, -0.1) is 5.73 Å². The van der Waals surface area contributed by atoms with Crippen molar-refractivity contribution < 1.29 is 0 Å². The minimum Gasteiger partial charge on any atom is -0.125 e. The standard InChI is InChI=1S/C10H16/c1-4-5-6-7-8-9-10(2)3/h6,8-9H,4-5H2,1-3H3. The van der Waals surface area contributed by atoms with Gasteiger partial charge in [0.05, 0.1) is 0 Å². The van der Waals surface area contributed by atoms with Crippen LogP contribution in [0.4, 0.5) is 0 Å². The fourth-order valence-corrected chi connectivity index (χ4v) is 0.510. The summed E-state index contributed by atoms with van der Waals surface area (Å²) in [4.78, 5) is 0. The molecule has 0 aromatic heterocycles. The van der Waals surface area contributed by atoms with Crippen LogP contribution in [0.2, 0.25) is 0 Å². The van der Waals surface area contributed by atoms with E-state index in [2.05, 4.69) is 38.7 Å². The largest absolute Gasteiger partial charge is 0.125 e. The van der Waals surface area contributed by atoms with Crippen molar-refractivity contribution in [2.75, 3.05) is 0 Å². The Labute approximate surface area is 64.0 Å². The van der Waals surface area contributed by atoms with Gasteiger partial charge in [0.15, 0.2) is 0 Å². The second-order valence-corrected chi connectivity index (χ2v) is 2.57. The Hall–Kier alpha value is -0.740. The highest BCUT2D eigenvalue weighted by atomic mass is 13.7. The average molecular weight is 136 g/mol. The van der Waals surface area contributed by atoms with E-state index in [1.54, 1.807) is 0 Å². The van der Waals surface area contributed by atoms with E-state index in [0.717, 1.165) is 6.42 Å². The van der Waals surface area contributed by atoms with E-state index < -0.39 is 0 Å². The summed E-state index contributed by atoms with van der Waals surface area (Å²) in [7, 11) is 0. The van der Waals surface area contributed by atoms with Gasteiger partial charge in [0, 0.05) is 0 Å². The first kappa shape index (κ1) is 9.26. The van der Waals surface area contributed by atoms with Crippen molar-refractivity contribution >= 4 is 0 Å². The lowest BCUT2D eigenvalue weighted by Crippen LogP contribution is -1.58. The molecular formula is C10H16. The van der Waals surface area contributed by atoms with Crippen LogP contribution < -0.4 is 0 Å². The first-order chi connectivity index (χ1) is 4.77. The predicted molar refractivity (Wildman–Crippen MR) is 47.0 cm³/mol. The third kappa shape index (κ3) is 7.26. The summed E-state index contributed by atoms with van der Waals surface area (Å²) in [5.74, 6) is 0. The molecular weight excluding hydrogens is 120 g/mol. The average Bonchev–Trinajstić information content (AvgIpc) is 1.87. The molecule has 0 aromatic rings. The quantitative estimate of drug-likeness (QED) is 0.411. The van der Waals surface area contributed by atoms with Crippen molar-refractivity contribution in [3.63, 3.8) is 0 Å². The second-order valence-electron chi connectivity index (χ2n) is 2.57. The van der Waals surface area contributed by atoms with Crippen LogP contribution in [0.3, 0.4) is 0 Å². The summed E-state index contributed by atoms with van der Waals surface area (Å²) in [5, 5.41) is 0. The maximum absolute atomic E-state index is 3.09. The maximum atomic E-state index is 3.09. The highest BCUT2D eigenvalue weighted by Gasteiger charge is 1.69. The molecule has 0 aromatic carbocycles. The number of unbranched alkanes of at least 4 members (excludes halogenated alkanes) is 1. The fraction of sp³-hybridized carbons (Fsp3) is 0.500. The zero-order valence-electron chi connectivity index (χ0n) is 7.15. The Morgan fingerprint density at radius 2 is 2.10 bits per heavy atom. The van der Waals surface area contributed by atoms with Gasteiger partial charge < -0.3 is 0 Å². The van der Waals surface area contributed by atoms with Gasteiger partial charge in [0.25, 0.3) is 0 Å². The summed E-state index contributed by atoms with van der Waals surface area (Å²) in [6.07, 6.45) is 8.43. The summed E-state index contributed by atoms with van der Waals surface area (Å²) in [6, 6.07) is 0. The van der Waals surface area contributed by atoms with Crippen LogP contribution in [0.1, 0.15) is 33.6 Å². The molecule has 0 bridgehead atoms. The Bertz CT molecular complexity index is 151. The van der Waals surface area contributed by atoms with E-state index in [-0.39, 0.29) is 0 Å². The molecule has 0 N–H and O–H groups in total.